The molecule has 1 heterocycles. The zero-order valence-corrected chi connectivity index (χ0v) is 35.2. The number of allylic oxidation sites excluding steroid dienone is 2. The number of hydrogen-bond donors (Lipinski definition) is 5. The summed E-state index contributed by atoms with van der Waals surface area (Å²) in [4.78, 5) is 19.2. The van der Waals surface area contributed by atoms with E-state index in [2.05, 4.69) is 33.9 Å². The van der Waals surface area contributed by atoms with E-state index in [1.807, 2.05) is 37.4 Å². The van der Waals surface area contributed by atoms with E-state index in [4.69, 9.17) is 14.2 Å². The van der Waals surface area contributed by atoms with Crippen LogP contribution in [0.5, 0.6) is 23.0 Å². The minimum atomic E-state index is -0.546. The smallest absolute Gasteiger partial charge is 0.196 e. The highest BCUT2D eigenvalue weighted by Gasteiger charge is 2.47. The Morgan fingerprint density at radius 2 is 1.91 bits per heavy atom. The van der Waals surface area contributed by atoms with Crippen molar-refractivity contribution in [1.29, 1.82) is 0 Å². The molecule has 0 aromatic heterocycles. The normalized spacial score (nSPS) is 27.5. The lowest BCUT2D eigenvalue weighted by Gasteiger charge is -2.34. The second-order valence-electron chi connectivity index (χ2n) is 15.7. The maximum atomic E-state index is 14.7. The van der Waals surface area contributed by atoms with Crippen molar-refractivity contribution in [3.8, 4) is 23.0 Å². The molecular formula is C43H64N4O6S2. The topological polar surface area (TPSA) is 134 Å². The van der Waals surface area contributed by atoms with Gasteiger partial charge in [0.1, 0.15) is 5.60 Å². The van der Waals surface area contributed by atoms with E-state index in [9.17, 15) is 15.0 Å². The second-order valence-corrected chi connectivity index (χ2v) is 18.2. The number of ether oxygens (including phenoxy) is 3. The molecule has 1 aliphatic heterocycles. The summed E-state index contributed by atoms with van der Waals surface area (Å²) < 4.78 is 17.8. The third-order valence-corrected chi connectivity index (χ3v) is 14.1. The number of phenolic OH excluding ortho intramolecular Hbond substituents is 2. The number of hydrogen-bond acceptors (Lipinski definition) is 10. The van der Waals surface area contributed by atoms with Crippen LogP contribution in [0.2, 0.25) is 0 Å². The summed E-state index contributed by atoms with van der Waals surface area (Å²) in [5.41, 5.74) is 1.56. The number of anilines is 1. The van der Waals surface area contributed by atoms with Gasteiger partial charge in [0.15, 0.2) is 34.7 Å². The van der Waals surface area contributed by atoms with Crippen LogP contribution in [-0.2, 0) is 22.4 Å². The fourth-order valence-corrected chi connectivity index (χ4v) is 11.2. The Labute approximate surface area is 336 Å². The molecule has 2 aromatic carbocycles. The fraction of sp³-hybridized carbons (Fsp3) is 0.628. The number of aliphatic imine (C=N–C) groups is 1. The molecule has 2 fully saturated rings. The van der Waals surface area contributed by atoms with Crippen LogP contribution < -0.4 is 25.4 Å². The van der Waals surface area contributed by atoms with E-state index in [0.717, 1.165) is 94.1 Å². The Balaban J connectivity index is 1.52. The number of likely N-dealkylation sites (N-methyl/N-ethyl adjacent to an activating group) is 1. The number of carbonyl (C=O) groups is 1. The quantitative estimate of drug-likeness (QED) is 0.0716. The zero-order chi connectivity index (χ0) is 39.3. The van der Waals surface area contributed by atoms with E-state index in [0.29, 0.717) is 54.3 Å². The van der Waals surface area contributed by atoms with E-state index < -0.39 is 11.0 Å². The Morgan fingerprint density at radius 1 is 1.05 bits per heavy atom. The van der Waals surface area contributed by atoms with Crippen LogP contribution >= 0.6 is 21.6 Å². The number of carbonyl (C=O) groups excluding carboxylic acids is 1. The van der Waals surface area contributed by atoms with Gasteiger partial charge in [0, 0.05) is 38.5 Å². The van der Waals surface area contributed by atoms with Crippen molar-refractivity contribution in [3.63, 3.8) is 0 Å². The highest BCUT2D eigenvalue weighted by atomic mass is 33.1. The van der Waals surface area contributed by atoms with E-state index in [1.54, 1.807) is 48.9 Å². The van der Waals surface area contributed by atoms with Crippen molar-refractivity contribution < 1.29 is 29.2 Å². The predicted octanol–water partition coefficient (Wildman–Crippen LogP) is 8.51. The molecule has 5 N–H and O–H groups in total. The molecule has 10 nitrogen and oxygen atoms in total. The largest absolute Gasteiger partial charge is 0.504 e. The van der Waals surface area contributed by atoms with E-state index >= 15 is 0 Å². The summed E-state index contributed by atoms with van der Waals surface area (Å²) in [6, 6.07) is 9.49. The molecule has 0 spiro atoms. The molecule has 5 atom stereocenters. The van der Waals surface area contributed by atoms with Gasteiger partial charge >= 0.3 is 0 Å². The molecule has 304 valence electrons. The van der Waals surface area contributed by atoms with Crippen molar-refractivity contribution in [2.45, 2.75) is 96.0 Å². The lowest BCUT2D eigenvalue weighted by molar-refractivity contribution is -0.125. The molecule has 2 aliphatic carbocycles. The summed E-state index contributed by atoms with van der Waals surface area (Å²) in [7, 11) is 10.5. The number of phenols is 2. The Morgan fingerprint density at radius 3 is 2.67 bits per heavy atom. The molecule has 0 saturated heterocycles. The molecule has 55 heavy (non-hydrogen) atoms. The number of benzene rings is 2. The fourth-order valence-electron chi connectivity index (χ4n) is 8.95. The SMILES string of the molecule is CCCCC[C@H]1/C=C/C(=O)[C@@]2(Cc3ccc(O)c(OC)c3)CCC[C@H]2CSSCNC(=NC)Nc2cc(cc(O[C@]3(CNC)CC[C@@H](CCOC)C3)c2O)C1. The van der Waals surface area contributed by atoms with Crippen LogP contribution in [-0.4, -0.2) is 80.7 Å². The lowest BCUT2D eigenvalue weighted by atomic mass is 9.70. The molecule has 2 bridgehead atoms. The molecule has 3 aliphatic rings. The molecule has 0 radical (unpaired) electrons. The Hall–Kier alpha value is -3.06. The standard InChI is InChI=1S/C43H64N4O6S2/c1-6-7-8-10-30-13-15-39(49)43(26-32-12-14-36(48)37(23-32)52-5)18-9-11-34(43)27-54-55-29-46-41(45-3)47-35-22-33(21-30)24-38(40(35)50)53-42(28-44-2)19-16-31(25-42)17-20-51-4/h12-15,22-24,30-31,34,44,48,50H,6-11,16-21,25-29H2,1-5H3,(H2,45,46,47)/b15-13+/t30-,31-,34-,42+,43+/m0/s1. The van der Waals surface area contributed by atoms with Gasteiger partial charge < -0.3 is 40.4 Å². The minimum absolute atomic E-state index is 0.0661. The van der Waals surface area contributed by atoms with Crippen LogP contribution in [0.1, 0.15) is 88.7 Å². The second kappa shape index (κ2) is 20.9. The first-order valence-corrected chi connectivity index (χ1v) is 22.7. The predicted molar refractivity (Wildman–Crippen MR) is 228 cm³/mol. The first-order valence-electron chi connectivity index (χ1n) is 20.2. The summed E-state index contributed by atoms with van der Waals surface area (Å²) >= 11 is 0. The molecule has 12 heteroatoms. The van der Waals surface area contributed by atoms with Crippen LogP contribution in [0.3, 0.4) is 0 Å². The van der Waals surface area contributed by atoms with Crippen LogP contribution in [0.15, 0.2) is 47.5 Å². The Kier molecular flexibility index (Phi) is 16.4. The van der Waals surface area contributed by atoms with Crippen molar-refractivity contribution >= 4 is 39.0 Å². The van der Waals surface area contributed by atoms with Gasteiger partial charge in [0.25, 0.3) is 0 Å². The number of unbranched alkanes of at least 4 members (excludes halogenated alkanes) is 2. The molecule has 2 saturated carbocycles. The molecule has 5 rings (SSSR count). The maximum Gasteiger partial charge on any atom is 0.196 e. The van der Waals surface area contributed by atoms with Crippen LogP contribution in [0.25, 0.3) is 0 Å². The summed E-state index contributed by atoms with van der Waals surface area (Å²) in [5, 5.41) is 32.3. The summed E-state index contributed by atoms with van der Waals surface area (Å²) in [5.74, 6) is 4.04. The first kappa shape index (κ1) is 43.1. The number of aromatic hydroxyl groups is 2. The summed E-state index contributed by atoms with van der Waals surface area (Å²) in [6.45, 7) is 3.61. The number of nitrogens with zero attached hydrogens (tertiary/aromatic N) is 1. The van der Waals surface area contributed by atoms with Gasteiger partial charge in [0.2, 0.25) is 0 Å². The maximum absolute atomic E-state index is 14.7. The lowest BCUT2D eigenvalue weighted by Crippen LogP contribution is -2.42. The molecule has 0 unspecified atom stereocenters. The van der Waals surface area contributed by atoms with Gasteiger partial charge in [-0.3, -0.25) is 9.79 Å². The number of guanidine groups is 1. The van der Waals surface area contributed by atoms with Crippen molar-refractivity contribution in [3.05, 3.63) is 53.6 Å². The van der Waals surface area contributed by atoms with Crippen molar-refractivity contribution in [2.24, 2.45) is 28.2 Å². The average Bonchev–Trinajstić information content (AvgIpc) is 3.78. The van der Waals surface area contributed by atoms with E-state index in [-0.39, 0.29) is 29.1 Å². The Bertz CT molecular complexity index is 1620. The molecule has 2 aromatic rings. The van der Waals surface area contributed by atoms with Gasteiger partial charge in [-0.05, 0) is 124 Å². The van der Waals surface area contributed by atoms with Gasteiger partial charge in [-0.25, -0.2) is 0 Å². The monoisotopic (exact) mass is 796 g/mol. The number of ketones is 1. The van der Waals surface area contributed by atoms with E-state index in [1.165, 1.54) is 0 Å². The minimum Gasteiger partial charge on any atom is -0.504 e. The third-order valence-electron chi connectivity index (χ3n) is 11.9. The first-order chi connectivity index (χ1) is 26.7. The van der Waals surface area contributed by atoms with Gasteiger partial charge in [-0.1, -0.05) is 66.3 Å². The van der Waals surface area contributed by atoms with Crippen molar-refractivity contribution in [2.75, 3.05) is 58.4 Å². The van der Waals surface area contributed by atoms with Gasteiger partial charge in [-0.2, -0.15) is 0 Å². The zero-order valence-electron chi connectivity index (χ0n) is 33.6. The molecule has 0 amide bonds. The van der Waals surface area contributed by atoms with Crippen LogP contribution in [0.4, 0.5) is 5.69 Å². The number of fused-ring (bicyclic) bond motifs is 3. The number of nitrogens with one attached hydrogen (secondary N) is 3. The molecular weight excluding hydrogens is 733 g/mol. The van der Waals surface area contributed by atoms with Gasteiger partial charge in [-0.15, -0.1) is 0 Å². The van der Waals surface area contributed by atoms with Crippen LogP contribution in [0, 0.1) is 23.2 Å². The average molecular weight is 797 g/mol. The summed E-state index contributed by atoms with van der Waals surface area (Å²) in [6.07, 6.45) is 16.2. The number of rotatable bonds is 14. The van der Waals surface area contributed by atoms with Gasteiger partial charge in [0.05, 0.1) is 18.7 Å². The van der Waals surface area contributed by atoms with Crippen molar-refractivity contribution in [1.82, 2.24) is 10.6 Å². The highest BCUT2D eigenvalue weighted by molar-refractivity contribution is 8.76. The highest BCUT2D eigenvalue weighted by Crippen LogP contribution is 2.50. The third kappa shape index (κ3) is 11.3. The number of methoxy groups -OCH3 is 2.